The largest absolute Gasteiger partial charge is 0.387 e. The van der Waals surface area contributed by atoms with Gasteiger partial charge in [-0.15, -0.1) is 5.10 Å². The Morgan fingerprint density at radius 2 is 1.91 bits per heavy atom. The van der Waals surface area contributed by atoms with Crippen LogP contribution in [0.15, 0.2) is 41.8 Å². The van der Waals surface area contributed by atoms with Crippen LogP contribution in [0.4, 0.5) is 0 Å². The van der Waals surface area contributed by atoms with Crippen molar-refractivity contribution < 1.29 is 9.57 Å². The van der Waals surface area contributed by atoms with Crippen LogP contribution in [0.25, 0.3) is 16.7 Å². The number of nitrogens with zero attached hydrogens (tertiary/aromatic N) is 7. The predicted octanol–water partition coefficient (Wildman–Crippen LogP) is 2.58. The minimum Gasteiger partial charge on any atom is -0.387 e. The summed E-state index contributed by atoms with van der Waals surface area (Å²) < 4.78 is 9.47. The molecule has 5 rings (SSSR count). The monoisotopic (exact) mass is 433 g/mol. The molecule has 4 aromatic rings. The molecule has 0 aliphatic carbocycles. The van der Waals surface area contributed by atoms with Crippen LogP contribution in [0, 0.1) is 13.8 Å². The zero-order valence-corrected chi connectivity index (χ0v) is 18.4. The van der Waals surface area contributed by atoms with E-state index in [1.807, 2.05) is 30.3 Å². The second-order valence-corrected chi connectivity index (χ2v) is 7.97. The SMILES string of the molecule is Cc1c(C)n(CCN2CCOCC2)c2ncn3nc(CON=Cc4ccccc4)nc3c12. The Hall–Kier alpha value is -3.30. The average molecular weight is 434 g/mol. The molecule has 0 N–H and O–H groups in total. The number of hydrogen-bond acceptors (Lipinski definition) is 7. The lowest BCUT2D eigenvalue weighted by atomic mass is 10.2. The molecule has 166 valence electrons. The molecular weight excluding hydrogens is 406 g/mol. The fourth-order valence-corrected chi connectivity index (χ4v) is 4.11. The van der Waals surface area contributed by atoms with Gasteiger partial charge in [0.1, 0.15) is 12.0 Å². The van der Waals surface area contributed by atoms with Crippen molar-refractivity contribution in [1.82, 2.24) is 29.0 Å². The summed E-state index contributed by atoms with van der Waals surface area (Å²) in [5.74, 6) is 0.572. The molecule has 0 unspecified atom stereocenters. The molecule has 9 heteroatoms. The molecule has 0 amide bonds. The van der Waals surface area contributed by atoms with E-state index < -0.39 is 0 Å². The number of aryl methyl sites for hydroxylation is 1. The van der Waals surface area contributed by atoms with Crippen LogP contribution < -0.4 is 0 Å². The van der Waals surface area contributed by atoms with E-state index in [9.17, 15) is 0 Å². The quantitative estimate of drug-likeness (QED) is 0.329. The molecule has 1 fully saturated rings. The lowest BCUT2D eigenvalue weighted by molar-refractivity contribution is 0.0364. The number of aromatic nitrogens is 5. The first-order valence-corrected chi connectivity index (χ1v) is 10.9. The van der Waals surface area contributed by atoms with Gasteiger partial charge in [-0.1, -0.05) is 35.5 Å². The number of morpholine rings is 1. The molecule has 0 radical (unpaired) electrons. The van der Waals surface area contributed by atoms with Crippen LogP contribution >= 0.6 is 0 Å². The Balaban J connectivity index is 1.36. The highest BCUT2D eigenvalue weighted by atomic mass is 16.6. The summed E-state index contributed by atoms with van der Waals surface area (Å²) in [6.45, 7) is 9.91. The molecule has 9 nitrogen and oxygen atoms in total. The molecule has 0 atom stereocenters. The topological polar surface area (TPSA) is 82.1 Å². The van der Waals surface area contributed by atoms with E-state index >= 15 is 0 Å². The normalized spacial score (nSPS) is 15.3. The van der Waals surface area contributed by atoms with E-state index in [1.165, 1.54) is 11.3 Å². The van der Waals surface area contributed by atoms with Crippen molar-refractivity contribution in [3.8, 4) is 0 Å². The molecule has 0 saturated carbocycles. The smallest absolute Gasteiger partial charge is 0.192 e. The van der Waals surface area contributed by atoms with E-state index in [-0.39, 0.29) is 6.61 Å². The van der Waals surface area contributed by atoms with Crippen LogP contribution in [0.5, 0.6) is 0 Å². The molecule has 4 heterocycles. The molecule has 0 bridgehead atoms. The van der Waals surface area contributed by atoms with Gasteiger partial charge in [0.2, 0.25) is 0 Å². The van der Waals surface area contributed by atoms with Crippen molar-refractivity contribution in [2.75, 3.05) is 32.8 Å². The first-order valence-electron chi connectivity index (χ1n) is 10.9. The zero-order valence-electron chi connectivity index (χ0n) is 18.4. The summed E-state index contributed by atoms with van der Waals surface area (Å²) in [7, 11) is 0. The highest BCUT2D eigenvalue weighted by Crippen LogP contribution is 2.26. The van der Waals surface area contributed by atoms with Crippen LogP contribution in [-0.4, -0.2) is 68.1 Å². The Labute approximate surface area is 186 Å². The second kappa shape index (κ2) is 9.05. The van der Waals surface area contributed by atoms with Crippen molar-refractivity contribution in [3.63, 3.8) is 0 Å². The van der Waals surface area contributed by atoms with Crippen molar-refractivity contribution in [2.24, 2.45) is 5.16 Å². The first kappa shape index (κ1) is 20.6. The maximum Gasteiger partial charge on any atom is 0.192 e. The van der Waals surface area contributed by atoms with Crippen molar-refractivity contribution in [2.45, 2.75) is 27.0 Å². The van der Waals surface area contributed by atoms with Crippen molar-refractivity contribution in [1.29, 1.82) is 0 Å². The molecule has 1 aromatic carbocycles. The fourth-order valence-electron chi connectivity index (χ4n) is 4.11. The van der Waals surface area contributed by atoms with Crippen molar-refractivity contribution in [3.05, 3.63) is 59.3 Å². The standard InChI is InChI=1S/C23H27N7O2/c1-17-18(2)29(9-8-28-10-12-31-13-11-28)22-21(17)23-26-20(27-30(23)16-24-22)15-32-25-14-19-6-4-3-5-7-19/h3-7,14,16H,8-13,15H2,1-2H3. The molecule has 1 saturated heterocycles. The number of benzene rings is 1. The van der Waals surface area contributed by atoms with Gasteiger partial charge in [0.15, 0.2) is 18.1 Å². The van der Waals surface area contributed by atoms with Gasteiger partial charge in [-0.3, -0.25) is 4.90 Å². The van der Waals surface area contributed by atoms with E-state index in [1.54, 1.807) is 17.1 Å². The predicted molar refractivity (Wildman–Crippen MR) is 122 cm³/mol. The van der Waals surface area contributed by atoms with Crippen LogP contribution in [0.2, 0.25) is 0 Å². The second-order valence-electron chi connectivity index (χ2n) is 7.97. The average Bonchev–Trinajstić information content (AvgIpc) is 3.35. The summed E-state index contributed by atoms with van der Waals surface area (Å²) in [4.78, 5) is 17.3. The van der Waals surface area contributed by atoms with Gasteiger partial charge >= 0.3 is 0 Å². The maximum absolute atomic E-state index is 5.46. The van der Waals surface area contributed by atoms with Gasteiger partial charge in [0, 0.05) is 31.9 Å². The van der Waals surface area contributed by atoms with Crippen LogP contribution in [0.3, 0.4) is 0 Å². The first-order chi connectivity index (χ1) is 15.7. The van der Waals surface area contributed by atoms with E-state index in [0.717, 1.165) is 61.6 Å². The minimum absolute atomic E-state index is 0.197. The van der Waals surface area contributed by atoms with Crippen LogP contribution in [-0.2, 0) is 22.7 Å². The number of rotatable bonds is 7. The minimum atomic E-state index is 0.197. The molecule has 1 aliphatic heterocycles. The molecule has 1 aliphatic rings. The third kappa shape index (κ3) is 4.09. The van der Waals surface area contributed by atoms with Gasteiger partial charge in [-0.05, 0) is 25.0 Å². The van der Waals surface area contributed by atoms with Gasteiger partial charge in [0.05, 0.1) is 24.8 Å². The Morgan fingerprint density at radius 1 is 1.09 bits per heavy atom. The summed E-state index contributed by atoms with van der Waals surface area (Å²) >= 11 is 0. The fraction of sp³-hybridized carbons (Fsp3) is 0.391. The summed E-state index contributed by atoms with van der Waals surface area (Å²) in [6.07, 6.45) is 3.41. The van der Waals surface area contributed by atoms with Gasteiger partial charge in [-0.2, -0.15) is 0 Å². The highest BCUT2D eigenvalue weighted by Gasteiger charge is 2.19. The molecule has 32 heavy (non-hydrogen) atoms. The number of hydrogen-bond donors (Lipinski definition) is 0. The third-order valence-corrected chi connectivity index (χ3v) is 6.00. The number of oxime groups is 1. The zero-order chi connectivity index (χ0) is 21.9. The summed E-state index contributed by atoms with van der Waals surface area (Å²) in [5, 5.41) is 9.59. The van der Waals surface area contributed by atoms with E-state index in [0.29, 0.717) is 5.82 Å². The summed E-state index contributed by atoms with van der Waals surface area (Å²) in [6, 6.07) is 9.81. The van der Waals surface area contributed by atoms with E-state index in [4.69, 9.17) is 19.5 Å². The Morgan fingerprint density at radius 3 is 2.72 bits per heavy atom. The van der Waals surface area contributed by atoms with Gasteiger partial charge in [0.25, 0.3) is 0 Å². The number of ether oxygens (including phenoxy) is 1. The Kier molecular flexibility index (Phi) is 5.83. The lowest BCUT2D eigenvalue weighted by Crippen LogP contribution is -2.38. The third-order valence-electron chi connectivity index (χ3n) is 6.00. The lowest BCUT2D eigenvalue weighted by Gasteiger charge is -2.26. The van der Waals surface area contributed by atoms with Gasteiger partial charge < -0.3 is 14.1 Å². The van der Waals surface area contributed by atoms with E-state index in [2.05, 4.69) is 33.6 Å². The summed E-state index contributed by atoms with van der Waals surface area (Å²) in [5.41, 5.74) is 5.11. The molecule has 3 aromatic heterocycles. The molecular formula is C23H27N7O2. The van der Waals surface area contributed by atoms with Crippen molar-refractivity contribution >= 4 is 22.9 Å². The maximum atomic E-state index is 5.46. The Bertz CT molecular complexity index is 1240. The van der Waals surface area contributed by atoms with Crippen LogP contribution in [0.1, 0.15) is 22.6 Å². The number of fused-ring (bicyclic) bond motifs is 3. The molecule has 0 spiro atoms. The highest BCUT2D eigenvalue weighted by molar-refractivity contribution is 5.93. The van der Waals surface area contributed by atoms with Gasteiger partial charge in [-0.25, -0.2) is 14.5 Å².